The summed E-state index contributed by atoms with van der Waals surface area (Å²) in [7, 11) is 0. The van der Waals surface area contributed by atoms with Gasteiger partial charge in [0, 0.05) is 22.4 Å². The van der Waals surface area contributed by atoms with Crippen LogP contribution in [-0.2, 0) is 27.2 Å². The molecule has 1 saturated carbocycles. The minimum absolute atomic E-state index is 0. The third-order valence-electron chi connectivity index (χ3n) is 2.07. The molecule has 1 radical (unpaired) electrons. The van der Waals surface area contributed by atoms with Gasteiger partial charge in [0.05, 0.1) is 12.0 Å². The number of aliphatic carboxylic acids is 1. The molecule has 0 aromatic rings. The van der Waals surface area contributed by atoms with Gasteiger partial charge in [0.1, 0.15) is 0 Å². The third kappa shape index (κ3) is 1.42. The van der Waals surface area contributed by atoms with Gasteiger partial charge in [-0.05, 0) is 12.8 Å². The van der Waals surface area contributed by atoms with Crippen LogP contribution in [0.15, 0.2) is 0 Å². The van der Waals surface area contributed by atoms with Crippen molar-refractivity contribution in [1.82, 2.24) is 0 Å². The molecule has 0 aromatic heterocycles. The number of carboxylic acid groups (broad SMARTS) is 1. The zero-order valence-corrected chi connectivity index (χ0v) is 6.91. The van der Waals surface area contributed by atoms with Crippen molar-refractivity contribution in [2.75, 3.05) is 6.61 Å². The summed E-state index contributed by atoms with van der Waals surface area (Å²) < 4.78 is 0. The van der Waals surface area contributed by atoms with Gasteiger partial charge in [-0.15, -0.1) is 0 Å². The Morgan fingerprint density at radius 1 is 1.50 bits per heavy atom. The Morgan fingerprint density at radius 2 is 2.00 bits per heavy atom. The number of hydrogen-bond donors (Lipinski definition) is 2. The van der Waals surface area contributed by atoms with Gasteiger partial charge in [0.25, 0.3) is 0 Å². The van der Waals surface area contributed by atoms with Crippen molar-refractivity contribution >= 4 is 5.97 Å². The van der Waals surface area contributed by atoms with Gasteiger partial charge in [0.2, 0.25) is 0 Å². The number of carbonyl (C=O) groups is 1. The fraction of sp³-hybridized carbons (Fsp3) is 0.833. The molecular formula is C6H10AgO3. The standard InChI is InChI=1S/C6H10O3.Ag/c7-4-6(5(8)9)2-1-3-6;/h7H,1-4H2,(H,8,9);. The molecule has 10 heavy (non-hydrogen) atoms. The van der Waals surface area contributed by atoms with Crippen molar-refractivity contribution in [1.29, 1.82) is 0 Å². The van der Waals surface area contributed by atoms with E-state index in [1.165, 1.54) is 0 Å². The Bertz CT molecular complexity index is 125. The molecule has 0 heterocycles. The van der Waals surface area contributed by atoms with Gasteiger partial charge in [-0.1, -0.05) is 6.42 Å². The van der Waals surface area contributed by atoms with Gasteiger partial charge in [-0.2, -0.15) is 0 Å². The van der Waals surface area contributed by atoms with E-state index in [2.05, 4.69) is 0 Å². The Labute approximate surface area is 74.9 Å². The van der Waals surface area contributed by atoms with Gasteiger partial charge in [-0.25, -0.2) is 0 Å². The normalized spacial score (nSPS) is 20.5. The molecule has 1 rings (SSSR count). The average molecular weight is 238 g/mol. The monoisotopic (exact) mass is 237 g/mol. The van der Waals surface area contributed by atoms with Gasteiger partial charge >= 0.3 is 5.97 Å². The molecule has 3 nitrogen and oxygen atoms in total. The molecule has 0 amide bonds. The SMILES string of the molecule is O=C(O)C1(CO)CCC1.[Ag]. The summed E-state index contributed by atoms with van der Waals surface area (Å²) in [6.07, 6.45) is 2.21. The van der Waals surface area contributed by atoms with Gasteiger partial charge in [0.15, 0.2) is 0 Å². The minimum atomic E-state index is -0.851. The molecule has 0 unspecified atom stereocenters. The molecular weight excluding hydrogens is 228 g/mol. The summed E-state index contributed by atoms with van der Waals surface area (Å²) in [5, 5.41) is 17.1. The van der Waals surface area contributed by atoms with Crippen LogP contribution in [-0.4, -0.2) is 22.8 Å². The van der Waals surface area contributed by atoms with Crippen LogP contribution in [0.3, 0.4) is 0 Å². The average Bonchev–Trinajstić information content (AvgIpc) is 1.62. The summed E-state index contributed by atoms with van der Waals surface area (Å²) in [5.74, 6) is -0.851. The van der Waals surface area contributed by atoms with Crippen LogP contribution in [0.5, 0.6) is 0 Å². The van der Waals surface area contributed by atoms with Crippen LogP contribution in [0.2, 0.25) is 0 Å². The van der Waals surface area contributed by atoms with E-state index in [1.807, 2.05) is 0 Å². The van der Waals surface area contributed by atoms with Crippen molar-refractivity contribution in [2.24, 2.45) is 5.41 Å². The van der Waals surface area contributed by atoms with Gasteiger partial charge < -0.3 is 10.2 Å². The Morgan fingerprint density at radius 3 is 2.00 bits per heavy atom. The first kappa shape index (κ1) is 10.2. The van der Waals surface area contributed by atoms with E-state index in [1.54, 1.807) is 0 Å². The third-order valence-corrected chi connectivity index (χ3v) is 2.07. The zero-order chi connectivity index (χ0) is 6.91. The number of hydrogen-bond acceptors (Lipinski definition) is 2. The summed E-state index contributed by atoms with van der Waals surface area (Å²) in [5.41, 5.74) is -0.764. The second kappa shape index (κ2) is 3.53. The van der Waals surface area contributed by atoms with E-state index in [-0.39, 0.29) is 29.0 Å². The molecule has 0 aromatic carbocycles. The van der Waals surface area contributed by atoms with E-state index in [0.29, 0.717) is 12.8 Å². The smallest absolute Gasteiger partial charge is 0.311 e. The quantitative estimate of drug-likeness (QED) is 0.677. The topological polar surface area (TPSA) is 57.5 Å². The maximum absolute atomic E-state index is 10.4. The Kier molecular flexibility index (Phi) is 3.59. The predicted octanol–water partition coefficient (Wildman–Crippen LogP) is 0.231. The first-order valence-electron chi connectivity index (χ1n) is 3.05. The molecule has 0 aliphatic heterocycles. The second-order valence-corrected chi connectivity index (χ2v) is 2.60. The number of aliphatic hydroxyl groups excluding tert-OH is 1. The Hall–Kier alpha value is 0.170. The molecule has 0 bridgehead atoms. The summed E-state index contributed by atoms with van der Waals surface area (Å²) in [4.78, 5) is 10.4. The molecule has 1 aliphatic rings. The van der Waals surface area contributed by atoms with Crippen LogP contribution in [0.4, 0.5) is 0 Å². The maximum atomic E-state index is 10.4. The first-order chi connectivity index (χ1) is 4.21. The predicted molar refractivity (Wildman–Crippen MR) is 31.0 cm³/mol. The fourth-order valence-electron chi connectivity index (χ4n) is 1.04. The molecule has 0 spiro atoms. The minimum Gasteiger partial charge on any atom is -0.481 e. The maximum Gasteiger partial charge on any atom is 0.311 e. The molecule has 1 fully saturated rings. The largest absolute Gasteiger partial charge is 0.481 e. The van der Waals surface area contributed by atoms with Crippen LogP contribution < -0.4 is 0 Å². The van der Waals surface area contributed by atoms with E-state index >= 15 is 0 Å². The van der Waals surface area contributed by atoms with E-state index in [0.717, 1.165) is 6.42 Å². The number of carboxylic acids is 1. The fourth-order valence-corrected chi connectivity index (χ4v) is 1.04. The molecule has 2 N–H and O–H groups in total. The first-order valence-corrected chi connectivity index (χ1v) is 3.05. The number of rotatable bonds is 2. The molecule has 4 heteroatoms. The molecule has 0 saturated heterocycles. The Balaban J connectivity index is 0.000000810. The summed E-state index contributed by atoms with van der Waals surface area (Å²) in [6.45, 7) is -0.206. The van der Waals surface area contributed by atoms with Crippen molar-refractivity contribution in [2.45, 2.75) is 19.3 Å². The van der Waals surface area contributed by atoms with E-state index in [4.69, 9.17) is 10.2 Å². The number of aliphatic hydroxyl groups is 1. The molecule has 1 aliphatic carbocycles. The van der Waals surface area contributed by atoms with Crippen molar-refractivity contribution in [3.05, 3.63) is 0 Å². The second-order valence-electron chi connectivity index (χ2n) is 2.60. The van der Waals surface area contributed by atoms with E-state index < -0.39 is 11.4 Å². The van der Waals surface area contributed by atoms with Crippen LogP contribution in [0.1, 0.15) is 19.3 Å². The zero-order valence-electron chi connectivity index (χ0n) is 5.43. The van der Waals surface area contributed by atoms with Crippen molar-refractivity contribution in [3.63, 3.8) is 0 Å². The molecule has 0 atom stereocenters. The summed E-state index contributed by atoms with van der Waals surface area (Å²) in [6, 6.07) is 0. The van der Waals surface area contributed by atoms with Crippen LogP contribution >= 0.6 is 0 Å². The van der Waals surface area contributed by atoms with Crippen LogP contribution in [0, 0.1) is 5.41 Å². The van der Waals surface area contributed by atoms with Crippen molar-refractivity contribution in [3.8, 4) is 0 Å². The molecule has 63 valence electrons. The van der Waals surface area contributed by atoms with Gasteiger partial charge in [-0.3, -0.25) is 4.79 Å². The summed E-state index contributed by atoms with van der Waals surface area (Å²) >= 11 is 0. The van der Waals surface area contributed by atoms with Crippen molar-refractivity contribution < 1.29 is 37.4 Å². The van der Waals surface area contributed by atoms with Crippen LogP contribution in [0.25, 0.3) is 0 Å². The van der Waals surface area contributed by atoms with E-state index in [9.17, 15) is 4.79 Å².